The van der Waals surface area contributed by atoms with Crippen LogP contribution in [0.1, 0.15) is 11.1 Å². The van der Waals surface area contributed by atoms with E-state index in [1.807, 2.05) is 30.3 Å². The molecule has 3 rings (SSSR count). The Morgan fingerprint density at radius 2 is 1.96 bits per heavy atom. The molecule has 1 amide bonds. The van der Waals surface area contributed by atoms with Crippen LogP contribution in [0.3, 0.4) is 0 Å². The lowest BCUT2D eigenvalue weighted by Gasteiger charge is -2.09. The van der Waals surface area contributed by atoms with Crippen molar-refractivity contribution >= 4 is 34.9 Å². The Morgan fingerprint density at radius 3 is 2.65 bits per heavy atom. The zero-order valence-corrected chi connectivity index (χ0v) is 12.7. The Morgan fingerprint density at radius 1 is 1.22 bits per heavy atom. The Bertz CT molecular complexity index is 803. The number of nitrogens with one attached hydrogen (secondary N) is 1. The molecule has 6 heteroatoms. The van der Waals surface area contributed by atoms with Crippen molar-refractivity contribution in [1.29, 1.82) is 0 Å². The largest absolute Gasteiger partial charge is 0.480 e. The first kappa shape index (κ1) is 15.2. The lowest BCUT2D eigenvalue weighted by molar-refractivity contribution is -0.138. The number of aliphatic carboxylic acids is 1. The molecule has 1 unspecified atom stereocenters. The van der Waals surface area contributed by atoms with E-state index >= 15 is 0 Å². The zero-order valence-electron chi connectivity index (χ0n) is 12.0. The van der Waals surface area contributed by atoms with Crippen LogP contribution in [0.2, 0.25) is 5.02 Å². The highest BCUT2D eigenvalue weighted by molar-refractivity contribution is 6.54. The van der Waals surface area contributed by atoms with E-state index in [9.17, 15) is 14.7 Å². The highest BCUT2D eigenvalue weighted by Crippen LogP contribution is 2.27. The number of nitrogens with zero attached hydrogens (tertiary/aromatic N) is 1. The normalized spacial score (nSPS) is 16.0. The summed E-state index contributed by atoms with van der Waals surface area (Å²) in [5, 5.41) is 12.5. The minimum atomic E-state index is -1.08. The molecule has 1 atom stereocenters. The van der Waals surface area contributed by atoms with Gasteiger partial charge in [-0.05, 0) is 23.8 Å². The molecular weight excluding hydrogens is 316 g/mol. The molecule has 2 aromatic rings. The Labute approximate surface area is 137 Å². The van der Waals surface area contributed by atoms with Crippen molar-refractivity contribution in [3.63, 3.8) is 0 Å². The molecule has 1 heterocycles. The number of rotatable bonds is 4. The van der Waals surface area contributed by atoms with E-state index in [1.165, 1.54) is 0 Å². The number of aliphatic imine (C=N–C) groups is 1. The van der Waals surface area contributed by atoms with Crippen molar-refractivity contribution in [3.8, 4) is 0 Å². The molecule has 0 spiro atoms. The predicted octanol–water partition coefficient (Wildman–Crippen LogP) is 2.78. The highest BCUT2D eigenvalue weighted by Gasteiger charge is 2.28. The van der Waals surface area contributed by atoms with Gasteiger partial charge in [-0.25, -0.2) is 4.79 Å². The zero-order chi connectivity index (χ0) is 16.4. The summed E-state index contributed by atoms with van der Waals surface area (Å²) in [7, 11) is 0. The van der Waals surface area contributed by atoms with E-state index in [0.29, 0.717) is 16.3 Å². The van der Waals surface area contributed by atoms with E-state index in [0.717, 1.165) is 5.56 Å². The number of halogens is 1. The summed E-state index contributed by atoms with van der Waals surface area (Å²) >= 11 is 5.95. The molecule has 0 fully saturated rings. The Balaban J connectivity index is 1.96. The molecule has 23 heavy (non-hydrogen) atoms. The second-order valence-electron chi connectivity index (χ2n) is 5.17. The van der Waals surface area contributed by atoms with Crippen LogP contribution < -0.4 is 5.32 Å². The van der Waals surface area contributed by atoms with E-state index in [1.54, 1.807) is 18.2 Å². The van der Waals surface area contributed by atoms with Gasteiger partial charge in [0.15, 0.2) is 6.04 Å². The van der Waals surface area contributed by atoms with Gasteiger partial charge in [-0.1, -0.05) is 41.9 Å². The summed E-state index contributed by atoms with van der Waals surface area (Å²) in [6.45, 7) is 0. The van der Waals surface area contributed by atoms with E-state index in [2.05, 4.69) is 10.3 Å². The van der Waals surface area contributed by atoms with Gasteiger partial charge in [-0.2, -0.15) is 0 Å². The number of carbonyl (C=O) groups is 2. The smallest absolute Gasteiger partial charge is 0.328 e. The number of fused-ring (bicyclic) bond motifs is 1. The van der Waals surface area contributed by atoms with Gasteiger partial charge in [-0.15, -0.1) is 0 Å². The number of carbonyl (C=O) groups excluding carboxylic acids is 1. The summed E-state index contributed by atoms with van der Waals surface area (Å²) in [5.41, 5.74) is 2.06. The molecule has 0 bridgehead atoms. The molecule has 0 saturated heterocycles. The number of hydrogen-bond donors (Lipinski definition) is 2. The molecule has 116 valence electrons. The Hall–Kier alpha value is -2.66. The number of carboxylic acid groups (broad SMARTS) is 1. The summed E-state index contributed by atoms with van der Waals surface area (Å²) in [4.78, 5) is 27.8. The Kier molecular flexibility index (Phi) is 4.12. The van der Waals surface area contributed by atoms with Crippen LogP contribution in [0.15, 0.2) is 53.5 Å². The van der Waals surface area contributed by atoms with Crippen molar-refractivity contribution in [2.45, 2.75) is 12.5 Å². The minimum absolute atomic E-state index is 0.103. The molecule has 0 aliphatic carbocycles. The number of benzene rings is 2. The van der Waals surface area contributed by atoms with Gasteiger partial charge in [-0.3, -0.25) is 9.79 Å². The first-order valence-electron chi connectivity index (χ1n) is 7.00. The third-order valence-corrected chi connectivity index (χ3v) is 3.78. The third kappa shape index (κ3) is 3.24. The maximum atomic E-state index is 12.1. The van der Waals surface area contributed by atoms with Gasteiger partial charge in [0.1, 0.15) is 5.71 Å². The van der Waals surface area contributed by atoms with Crippen molar-refractivity contribution in [3.05, 3.63) is 64.7 Å². The fourth-order valence-electron chi connectivity index (χ4n) is 2.43. The van der Waals surface area contributed by atoms with E-state index < -0.39 is 17.9 Å². The summed E-state index contributed by atoms with van der Waals surface area (Å²) in [6.07, 6.45) is 0.211. The van der Waals surface area contributed by atoms with Crippen LogP contribution in [0.5, 0.6) is 0 Å². The molecule has 0 radical (unpaired) electrons. The number of amides is 1. The third-order valence-electron chi connectivity index (χ3n) is 3.54. The first-order valence-corrected chi connectivity index (χ1v) is 7.38. The van der Waals surface area contributed by atoms with Crippen molar-refractivity contribution < 1.29 is 14.7 Å². The molecule has 2 aromatic carbocycles. The summed E-state index contributed by atoms with van der Waals surface area (Å²) < 4.78 is 0. The van der Waals surface area contributed by atoms with Crippen molar-refractivity contribution in [2.24, 2.45) is 4.99 Å². The molecule has 1 aliphatic heterocycles. The standard InChI is InChI=1S/C17H13ClN2O3/c18-11-6-7-13-12(9-11)15(16(21)20-13)19-14(17(22)23)8-10-4-2-1-3-5-10/h1-7,9,14H,8H2,(H,22,23)(H,19,20,21). The van der Waals surface area contributed by atoms with Crippen LogP contribution in [0.25, 0.3) is 0 Å². The average Bonchev–Trinajstić information content (AvgIpc) is 2.83. The van der Waals surface area contributed by atoms with Crippen LogP contribution in [-0.2, 0) is 16.0 Å². The second kappa shape index (κ2) is 6.22. The highest BCUT2D eigenvalue weighted by atomic mass is 35.5. The maximum absolute atomic E-state index is 12.1. The average molecular weight is 329 g/mol. The monoisotopic (exact) mass is 328 g/mol. The fraction of sp³-hybridized carbons (Fsp3) is 0.118. The summed E-state index contributed by atoms with van der Waals surface area (Å²) in [6, 6.07) is 13.1. The summed E-state index contributed by atoms with van der Waals surface area (Å²) in [5.74, 6) is -1.49. The van der Waals surface area contributed by atoms with Crippen LogP contribution >= 0.6 is 11.6 Å². The lowest BCUT2D eigenvalue weighted by Crippen LogP contribution is -2.25. The first-order chi connectivity index (χ1) is 11.0. The molecule has 1 aliphatic rings. The van der Waals surface area contributed by atoms with Crippen molar-refractivity contribution in [2.75, 3.05) is 5.32 Å². The van der Waals surface area contributed by atoms with Gasteiger partial charge in [0, 0.05) is 17.0 Å². The van der Waals surface area contributed by atoms with E-state index in [4.69, 9.17) is 11.6 Å². The van der Waals surface area contributed by atoms with Crippen LogP contribution in [0.4, 0.5) is 5.69 Å². The molecule has 5 nitrogen and oxygen atoms in total. The van der Waals surface area contributed by atoms with Crippen molar-refractivity contribution in [1.82, 2.24) is 0 Å². The van der Waals surface area contributed by atoms with Crippen LogP contribution in [-0.4, -0.2) is 28.7 Å². The topological polar surface area (TPSA) is 78.8 Å². The maximum Gasteiger partial charge on any atom is 0.328 e. The molecule has 0 aromatic heterocycles. The fourth-order valence-corrected chi connectivity index (χ4v) is 2.61. The van der Waals surface area contributed by atoms with Gasteiger partial charge < -0.3 is 10.4 Å². The second-order valence-corrected chi connectivity index (χ2v) is 5.60. The molecule has 2 N–H and O–H groups in total. The number of hydrogen-bond acceptors (Lipinski definition) is 3. The SMILES string of the molecule is O=C1Nc2ccc(Cl)cc2C1=NC(Cc1ccccc1)C(=O)O. The number of carboxylic acids is 1. The molecular formula is C17H13ClN2O3. The van der Waals surface area contributed by atoms with Gasteiger partial charge >= 0.3 is 5.97 Å². The predicted molar refractivity (Wildman–Crippen MR) is 88.2 cm³/mol. The van der Waals surface area contributed by atoms with Crippen LogP contribution in [0, 0.1) is 0 Å². The number of anilines is 1. The van der Waals surface area contributed by atoms with Gasteiger partial charge in [0.2, 0.25) is 0 Å². The van der Waals surface area contributed by atoms with E-state index in [-0.39, 0.29) is 12.1 Å². The minimum Gasteiger partial charge on any atom is -0.480 e. The quantitative estimate of drug-likeness (QED) is 0.905. The van der Waals surface area contributed by atoms with Gasteiger partial charge in [0.25, 0.3) is 5.91 Å². The van der Waals surface area contributed by atoms with Gasteiger partial charge in [0.05, 0.1) is 5.69 Å². The molecule has 0 saturated carbocycles. The lowest BCUT2D eigenvalue weighted by atomic mass is 10.1.